The summed E-state index contributed by atoms with van der Waals surface area (Å²) in [4.78, 5) is 16.5. The average molecular weight is 527 g/mol. The van der Waals surface area contributed by atoms with Crippen molar-refractivity contribution in [2.24, 2.45) is 0 Å². The monoisotopic (exact) mass is 526 g/mol. The molecule has 0 radical (unpaired) electrons. The molecule has 0 fully saturated rings. The number of amides is 1. The maximum absolute atomic E-state index is 14.7. The summed E-state index contributed by atoms with van der Waals surface area (Å²) in [5.74, 6) is -4.65. The van der Waals surface area contributed by atoms with Crippen molar-refractivity contribution in [3.05, 3.63) is 87.4 Å². The van der Waals surface area contributed by atoms with E-state index in [-0.39, 0.29) is 28.4 Å². The van der Waals surface area contributed by atoms with Gasteiger partial charge in [0.05, 0.1) is 16.5 Å². The zero-order chi connectivity index (χ0) is 26.0. The van der Waals surface area contributed by atoms with Crippen LogP contribution in [0, 0.1) is 5.82 Å². The van der Waals surface area contributed by atoms with Crippen LogP contribution in [0.3, 0.4) is 0 Å². The van der Waals surface area contributed by atoms with Gasteiger partial charge in [0.15, 0.2) is 11.6 Å². The van der Waals surface area contributed by atoms with Crippen molar-refractivity contribution in [2.75, 3.05) is 5.32 Å². The summed E-state index contributed by atoms with van der Waals surface area (Å²) in [6.07, 6.45) is -0.549. The number of benzene rings is 2. The van der Waals surface area contributed by atoms with Gasteiger partial charge >= 0.3 is 0 Å². The van der Waals surface area contributed by atoms with Crippen molar-refractivity contribution in [1.29, 1.82) is 0 Å². The van der Waals surface area contributed by atoms with Crippen LogP contribution in [0.25, 0.3) is 0 Å². The molecule has 1 aromatic heterocycles. The molecule has 2 aromatic carbocycles. The average Bonchev–Trinajstić information content (AvgIpc) is 2.75. The van der Waals surface area contributed by atoms with Crippen molar-refractivity contribution < 1.29 is 27.8 Å². The lowest BCUT2D eigenvalue weighted by molar-refractivity contribution is -0.115. The van der Waals surface area contributed by atoms with Crippen molar-refractivity contribution >= 4 is 34.8 Å². The number of aliphatic hydroxyl groups is 1. The number of carbonyl (C=O) groups is 1. The van der Waals surface area contributed by atoms with E-state index in [1.54, 1.807) is 13.8 Å². The Kier molecular flexibility index (Phi) is 7.99. The molecular weight excluding hydrogens is 504 g/mol. The first-order chi connectivity index (χ1) is 16.3. The molecule has 0 aliphatic heterocycles. The number of hydrogen-bond donors (Lipinski definition) is 2. The second-order valence-electron chi connectivity index (χ2n) is 8.46. The summed E-state index contributed by atoms with van der Waals surface area (Å²) in [5.41, 5.74) is -0.394. The zero-order valence-electron chi connectivity index (χ0n) is 19.1. The van der Waals surface area contributed by atoms with Gasteiger partial charge < -0.3 is 15.2 Å². The molecule has 1 unspecified atom stereocenters. The van der Waals surface area contributed by atoms with Crippen molar-refractivity contribution in [1.82, 2.24) is 4.98 Å². The predicted molar refractivity (Wildman–Crippen MR) is 129 cm³/mol. The van der Waals surface area contributed by atoms with E-state index in [4.69, 9.17) is 27.9 Å². The zero-order valence-corrected chi connectivity index (χ0v) is 20.6. The molecule has 35 heavy (non-hydrogen) atoms. The Morgan fingerprint density at radius 3 is 2.37 bits per heavy atom. The number of aliphatic hydroxyl groups excluding tert-OH is 1. The number of alkyl halides is 2. The Morgan fingerprint density at radius 1 is 1.14 bits per heavy atom. The van der Waals surface area contributed by atoms with Gasteiger partial charge in [0.1, 0.15) is 17.4 Å². The number of nitrogens with zero attached hydrogens (tertiary/aromatic N) is 1. The molecule has 3 rings (SSSR count). The minimum Gasteiger partial charge on any atom is -0.478 e. The fraction of sp³-hybridized carbons (Fsp3) is 0.280. The lowest BCUT2D eigenvalue weighted by Crippen LogP contribution is -2.28. The topological polar surface area (TPSA) is 71.5 Å². The van der Waals surface area contributed by atoms with E-state index in [0.29, 0.717) is 16.3 Å². The predicted octanol–water partition coefficient (Wildman–Crippen LogP) is 6.50. The largest absolute Gasteiger partial charge is 0.478 e. The Hall–Kier alpha value is -2.81. The van der Waals surface area contributed by atoms with E-state index in [1.165, 1.54) is 36.5 Å². The SMILES string of the molecule is CC(O)C(F)(F)c1ccc(CC(=O)Nc2ccc(OC(C)(C)c3ncc(Cl)cc3Cl)c(F)c2)cc1. The Labute approximate surface area is 210 Å². The number of anilines is 1. The van der Waals surface area contributed by atoms with E-state index < -0.39 is 29.4 Å². The lowest BCUT2D eigenvalue weighted by atomic mass is 10.0. The van der Waals surface area contributed by atoms with Gasteiger partial charge in [-0.05, 0) is 44.5 Å². The van der Waals surface area contributed by atoms with Gasteiger partial charge in [-0.15, -0.1) is 0 Å². The molecule has 0 bridgehead atoms. The minimum atomic E-state index is -3.40. The highest BCUT2D eigenvalue weighted by Crippen LogP contribution is 2.34. The van der Waals surface area contributed by atoms with Crippen LogP contribution >= 0.6 is 23.2 Å². The molecule has 1 heterocycles. The number of pyridine rings is 1. The molecule has 0 aliphatic rings. The first-order valence-corrected chi connectivity index (χ1v) is 11.3. The van der Waals surface area contributed by atoms with Gasteiger partial charge in [0, 0.05) is 23.5 Å². The normalized spacial score (nSPS) is 12.8. The van der Waals surface area contributed by atoms with Gasteiger partial charge in [0.2, 0.25) is 5.91 Å². The number of ether oxygens (including phenoxy) is 1. The van der Waals surface area contributed by atoms with E-state index in [9.17, 15) is 23.1 Å². The van der Waals surface area contributed by atoms with Crippen LogP contribution in [0.1, 0.15) is 37.6 Å². The summed E-state index contributed by atoms with van der Waals surface area (Å²) >= 11 is 12.1. The number of hydrogen-bond acceptors (Lipinski definition) is 4. The third-order valence-electron chi connectivity index (χ3n) is 5.19. The Balaban J connectivity index is 1.66. The fourth-order valence-corrected chi connectivity index (χ4v) is 3.93. The quantitative estimate of drug-likeness (QED) is 0.351. The molecule has 2 N–H and O–H groups in total. The Bertz CT molecular complexity index is 1220. The molecule has 10 heteroatoms. The van der Waals surface area contributed by atoms with E-state index in [0.717, 1.165) is 25.1 Å². The molecule has 3 aromatic rings. The van der Waals surface area contributed by atoms with Gasteiger partial charge in [-0.3, -0.25) is 9.78 Å². The molecule has 0 spiro atoms. The van der Waals surface area contributed by atoms with Gasteiger partial charge in [-0.1, -0.05) is 47.5 Å². The summed E-state index contributed by atoms with van der Waals surface area (Å²) in [7, 11) is 0. The van der Waals surface area contributed by atoms with Crippen molar-refractivity contribution in [3.8, 4) is 5.75 Å². The number of carbonyl (C=O) groups excluding carboxylic acids is 1. The van der Waals surface area contributed by atoms with Crippen LogP contribution in [0.5, 0.6) is 5.75 Å². The number of nitrogens with one attached hydrogen (secondary N) is 1. The molecular formula is C25H23Cl2F3N2O3. The highest BCUT2D eigenvalue weighted by Gasteiger charge is 2.37. The summed E-state index contributed by atoms with van der Waals surface area (Å²) in [6.45, 7) is 4.35. The third-order valence-corrected chi connectivity index (χ3v) is 5.68. The van der Waals surface area contributed by atoms with Gasteiger partial charge in [-0.25, -0.2) is 4.39 Å². The minimum absolute atomic E-state index is 0.0737. The van der Waals surface area contributed by atoms with Crippen LogP contribution in [0.15, 0.2) is 54.7 Å². The summed E-state index contributed by atoms with van der Waals surface area (Å²) in [5, 5.41) is 12.4. The molecule has 1 amide bonds. The maximum atomic E-state index is 14.7. The summed E-state index contributed by atoms with van der Waals surface area (Å²) in [6, 6.07) is 10.5. The maximum Gasteiger partial charge on any atom is 0.298 e. The second-order valence-corrected chi connectivity index (χ2v) is 9.31. The van der Waals surface area contributed by atoms with Gasteiger partial charge in [-0.2, -0.15) is 8.78 Å². The van der Waals surface area contributed by atoms with Crippen LogP contribution in [0.4, 0.5) is 18.9 Å². The van der Waals surface area contributed by atoms with E-state index in [2.05, 4.69) is 10.3 Å². The number of rotatable bonds is 8. The third kappa shape index (κ3) is 6.45. The molecule has 186 valence electrons. The van der Waals surface area contributed by atoms with Crippen molar-refractivity contribution in [3.63, 3.8) is 0 Å². The lowest BCUT2D eigenvalue weighted by Gasteiger charge is -2.27. The molecule has 5 nitrogen and oxygen atoms in total. The van der Waals surface area contributed by atoms with Crippen LogP contribution in [-0.4, -0.2) is 22.1 Å². The van der Waals surface area contributed by atoms with E-state index >= 15 is 0 Å². The number of halogens is 5. The van der Waals surface area contributed by atoms with E-state index in [1.807, 2.05) is 0 Å². The number of aromatic nitrogens is 1. The van der Waals surface area contributed by atoms with Gasteiger partial charge in [0.25, 0.3) is 5.92 Å². The van der Waals surface area contributed by atoms with Crippen LogP contribution < -0.4 is 10.1 Å². The summed E-state index contributed by atoms with van der Waals surface area (Å²) < 4.78 is 48.3. The smallest absolute Gasteiger partial charge is 0.298 e. The second kappa shape index (κ2) is 10.4. The van der Waals surface area contributed by atoms with Crippen LogP contribution in [0.2, 0.25) is 10.0 Å². The molecule has 1 atom stereocenters. The molecule has 0 saturated heterocycles. The fourth-order valence-electron chi connectivity index (χ4n) is 3.32. The first-order valence-electron chi connectivity index (χ1n) is 10.5. The van der Waals surface area contributed by atoms with Crippen molar-refractivity contribution in [2.45, 2.75) is 44.8 Å². The highest BCUT2D eigenvalue weighted by atomic mass is 35.5. The molecule has 0 aliphatic carbocycles. The Morgan fingerprint density at radius 2 is 1.80 bits per heavy atom. The standard InChI is InChI=1S/C25H23Cl2F3N2O3/c1-14(33)25(29,30)16-6-4-15(5-7-16)10-22(34)32-18-8-9-21(20(28)12-18)35-24(2,3)23-19(27)11-17(26)13-31-23/h4-9,11-14,33H,10H2,1-3H3,(H,32,34). The first kappa shape index (κ1) is 26.8. The van der Waals surface area contributed by atoms with Crippen LogP contribution in [-0.2, 0) is 22.7 Å². The highest BCUT2D eigenvalue weighted by molar-refractivity contribution is 6.34. The molecule has 0 saturated carbocycles.